The Labute approximate surface area is 108 Å². The number of amides is 1. The zero-order chi connectivity index (χ0) is 13.1. The van der Waals surface area contributed by atoms with Crippen molar-refractivity contribution in [2.24, 2.45) is 0 Å². The molecule has 0 unspecified atom stereocenters. The van der Waals surface area contributed by atoms with Gasteiger partial charge < -0.3 is 11.1 Å². The molecule has 2 aromatic carbocycles. The average Bonchev–Trinajstić information content (AvgIpc) is 2.34. The number of carbonyl (C=O) groups excluding carboxylic acids is 1. The molecule has 0 atom stereocenters. The fourth-order valence-corrected chi connectivity index (χ4v) is 1.65. The Morgan fingerprint density at radius 2 is 2.00 bits per heavy atom. The van der Waals surface area contributed by atoms with E-state index in [1.807, 2.05) is 0 Å². The predicted octanol–water partition coefficient (Wildman–Crippen LogP) is 3.31. The fourth-order valence-electron chi connectivity index (χ4n) is 1.46. The molecule has 0 aliphatic rings. The highest BCUT2D eigenvalue weighted by molar-refractivity contribution is 6.31. The number of halogens is 2. The summed E-state index contributed by atoms with van der Waals surface area (Å²) in [7, 11) is 0. The largest absolute Gasteiger partial charge is 0.399 e. The van der Waals surface area contributed by atoms with Crippen LogP contribution in [0.5, 0.6) is 0 Å². The molecule has 0 saturated carbocycles. The molecule has 0 bridgehead atoms. The van der Waals surface area contributed by atoms with Gasteiger partial charge in [0.25, 0.3) is 5.91 Å². The third-order valence-electron chi connectivity index (χ3n) is 2.33. The molecule has 0 aromatic heterocycles. The zero-order valence-corrected chi connectivity index (χ0v) is 10.0. The smallest absolute Gasteiger partial charge is 0.255 e. The zero-order valence-electron chi connectivity index (χ0n) is 9.28. The highest BCUT2D eigenvalue weighted by Gasteiger charge is 2.09. The van der Waals surface area contributed by atoms with Crippen LogP contribution >= 0.6 is 11.6 Å². The molecule has 0 heterocycles. The van der Waals surface area contributed by atoms with E-state index in [1.54, 1.807) is 18.2 Å². The minimum atomic E-state index is -0.542. The van der Waals surface area contributed by atoms with E-state index in [0.717, 1.165) is 0 Å². The van der Waals surface area contributed by atoms with Crippen molar-refractivity contribution in [3.05, 3.63) is 58.9 Å². The number of rotatable bonds is 2. The molecule has 0 aliphatic carbocycles. The second kappa shape index (κ2) is 5.06. The Kier molecular flexibility index (Phi) is 3.48. The third-order valence-corrected chi connectivity index (χ3v) is 2.56. The standard InChI is InChI=1S/C13H10ClFN2O/c14-9-3-1-2-8(6-9)13(18)17-12-7-10(16)4-5-11(12)15/h1-7H,16H2,(H,17,18). The van der Waals surface area contributed by atoms with E-state index in [-0.39, 0.29) is 5.69 Å². The Hall–Kier alpha value is -2.07. The summed E-state index contributed by atoms with van der Waals surface area (Å²) in [5.74, 6) is -0.985. The van der Waals surface area contributed by atoms with Crippen LogP contribution < -0.4 is 11.1 Å². The summed E-state index contributed by atoms with van der Waals surface area (Å²) in [6.07, 6.45) is 0. The van der Waals surface area contributed by atoms with Crippen molar-refractivity contribution in [1.82, 2.24) is 0 Å². The van der Waals surface area contributed by atoms with Crippen LogP contribution in [0, 0.1) is 5.82 Å². The lowest BCUT2D eigenvalue weighted by Gasteiger charge is -2.07. The van der Waals surface area contributed by atoms with Crippen LogP contribution in [-0.4, -0.2) is 5.91 Å². The number of hydrogen-bond donors (Lipinski definition) is 2. The topological polar surface area (TPSA) is 55.1 Å². The van der Waals surface area contributed by atoms with Crippen molar-refractivity contribution in [1.29, 1.82) is 0 Å². The summed E-state index contributed by atoms with van der Waals surface area (Å²) < 4.78 is 13.4. The summed E-state index contributed by atoms with van der Waals surface area (Å²) >= 11 is 5.77. The van der Waals surface area contributed by atoms with Gasteiger partial charge in [0.1, 0.15) is 5.82 Å². The fraction of sp³-hybridized carbons (Fsp3) is 0. The van der Waals surface area contributed by atoms with Gasteiger partial charge in [0.05, 0.1) is 5.69 Å². The number of anilines is 2. The first kappa shape index (κ1) is 12.4. The van der Waals surface area contributed by atoms with Crippen molar-refractivity contribution < 1.29 is 9.18 Å². The van der Waals surface area contributed by atoms with Crippen LogP contribution in [0.1, 0.15) is 10.4 Å². The number of benzene rings is 2. The molecule has 2 aromatic rings. The van der Waals surface area contributed by atoms with Crippen molar-refractivity contribution in [2.45, 2.75) is 0 Å². The molecule has 0 saturated heterocycles. The van der Waals surface area contributed by atoms with E-state index in [9.17, 15) is 9.18 Å². The lowest BCUT2D eigenvalue weighted by atomic mass is 10.2. The van der Waals surface area contributed by atoms with Crippen LogP contribution in [-0.2, 0) is 0 Å². The van der Waals surface area contributed by atoms with E-state index >= 15 is 0 Å². The number of carbonyl (C=O) groups is 1. The Balaban J connectivity index is 2.24. The van der Waals surface area contributed by atoms with Gasteiger partial charge in [-0.05, 0) is 36.4 Å². The number of nitrogens with two attached hydrogens (primary N) is 1. The van der Waals surface area contributed by atoms with E-state index < -0.39 is 11.7 Å². The maximum absolute atomic E-state index is 13.4. The molecule has 18 heavy (non-hydrogen) atoms. The molecule has 1 amide bonds. The highest BCUT2D eigenvalue weighted by Crippen LogP contribution is 2.19. The van der Waals surface area contributed by atoms with Crippen LogP contribution in [0.4, 0.5) is 15.8 Å². The predicted molar refractivity (Wildman–Crippen MR) is 70.2 cm³/mol. The Morgan fingerprint density at radius 3 is 2.72 bits per heavy atom. The van der Waals surface area contributed by atoms with Crippen LogP contribution in [0.15, 0.2) is 42.5 Å². The summed E-state index contributed by atoms with van der Waals surface area (Å²) in [6.45, 7) is 0. The van der Waals surface area contributed by atoms with Gasteiger partial charge in [-0.25, -0.2) is 4.39 Å². The number of nitrogen functional groups attached to an aromatic ring is 1. The van der Waals surface area contributed by atoms with E-state index in [2.05, 4.69) is 5.32 Å². The van der Waals surface area contributed by atoms with Crippen LogP contribution in [0.25, 0.3) is 0 Å². The van der Waals surface area contributed by atoms with Gasteiger partial charge in [-0.15, -0.1) is 0 Å². The molecule has 5 heteroatoms. The lowest BCUT2D eigenvalue weighted by molar-refractivity contribution is 0.102. The van der Waals surface area contributed by atoms with Crippen LogP contribution in [0.3, 0.4) is 0 Å². The Bertz CT molecular complexity index is 601. The first-order valence-electron chi connectivity index (χ1n) is 5.18. The van der Waals surface area contributed by atoms with Gasteiger partial charge in [-0.1, -0.05) is 17.7 Å². The third kappa shape index (κ3) is 2.78. The van der Waals surface area contributed by atoms with Crippen molar-refractivity contribution in [2.75, 3.05) is 11.1 Å². The normalized spacial score (nSPS) is 10.1. The van der Waals surface area contributed by atoms with E-state index in [4.69, 9.17) is 17.3 Å². The quantitative estimate of drug-likeness (QED) is 0.818. The molecular formula is C13H10ClFN2O. The molecule has 3 nitrogen and oxygen atoms in total. The van der Waals surface area contributed by atoms with Gasteiger partial charge in [-0.2, -0.15) is 0 Å². The van der Waals surface area contributed by atoms with Crippen LogP contribution in [0.2, 0.25) is 5.02 Å². The maximum Gasteiger partial charge on any atom is 0.255 e. The van der Waals surface area contributed by atoms with Crippen molar-refractivity contribution >= 4 is 28.9 Å². The minimum Gasteiger partial charge on any atom is -0.399 e. The van der Waals surface area contributed by atoms with Gasteiger partial charge in [0, 0.05) is 16.3 Å². The number of nitrogens with one attached hydrogen (secondary N) is 1. The molecule has 2 rings (SSSR count). The molecular weight excluding hydrogens is 255 g/mol. The van der Waals surface area contributed by atoms with Crippen molar-refractivity contribution in [3.8, 4) is 0 Å². The number of hydrogen-bond acceptors (Lipinski definition) is 2. The van der Waals surface area contributed by atoms with E-state index in [0.29, 0.717) is 16.3 Å². The molecule has 3 N–H and O–H groups in total. The lowest BCUT2D eigenvalue weighted by Crippen LogP contribution is -2.13. The SMILES string of the molecule is Nc1ccc(F)c(NC(=O)c2cccc(Cl)c2)c1. The first-order valence-corrected chi connectivity index (χ1v) is 5.56. The molecule has 92 valence electrons. The van der Waals surface area contributed by atoms with E-state index in [1.165, 1.54) is 24.3 Å². The average molecular weight is 265 g/mol. The van der Waals surface area contributed by atoms with Gasteiger partial charge in [0.15, 0.2) is 0 Å². The van der Waals surface area contributed by atoms with Gasteiger partial charge in [0.2, 0.25) is 0 Å². The second-order valence-electron chi connectivity index (χ2n) is 3.70. The van der Waals surface area contributed by atoms with Crippen molar-refractivity contribution in [3.63, 3.8) is 0 Å². The maximum atomic E-state index is 13.4. The summed E-state index contributed by atoms with van der Waals surface area (Å²) in [5, 5.41) is 2.88. The summed E-state index contributed by atoms with van der Waals surface area (Å²) in [4.78, 5) is 11.9. The Morgan fingerprint density at radius 1 is 1.22 bits per heavy atom. The molecule has 0 fully saturated rings. The van der Waals surface area contributed by atoms with Gasteiger partial charge >= 0.3 is 0 Å². The monoisotopic (exact) mass is 264 g/mol. The highest BCUT2D eigenvalue weighted by atomic mass is 35.5. The minimum absolute atomic E-state index is 0.0416. The molecule has 0 aliphatic heterocycles. The summed E-state index contributed by atoms with van der Waals surface area (Å²) in [5.41, 5.74) is 6.29. The first-order chi connectivity index (χ1) is 8.56. The second-order valence-corrected chi connectivity index (χ2v) is 4.14. The molecule has 0 radical (unpaired) electrons. The van der Waals surface area contributed by atoms with Gasteiger partial charge in [-0.3, -0.25) is 4.79 Å². The molecule has 0 spiro atoms. The summed E-state index contributed by atoms with van der Waals surface area (Å²) in [6, 6.07) is 10.4.